The summed E-state index contributed by atoms with van der Waals surface area (Å²) in [4.78, 5) is 15.2. The first-order chi connectivity index (χ1) is 11.4. The van der Waals surface area contributed by atoms with Gasteiger partial charge in [-0.05, 0) is 88.5 Å². The molecule has 0 radical (unpaired) electrons. The minimum absolute atomic E-state index is 0.0878. The number of likely N-dealkylation sites (N-methyl/N-ethyl adjacent to an activating group) is 1. The number of hydrogen-bond acceptors (Lipinski definition) is 4. The zero-order chi connectivity index (χ0) is 17.1. The molecule has 0 spiro atoms. The molecule has 1 amide bonds. The van der Waals surface area contributed by atoms with Crippen LogP contribution in [0.25, 0.3) is 0 Å². The summed E-state index contributed by atoms with van der Waals surface area (Å²) < 4.78 is 0. The summed E-state index contributed by atoms with van der Waals surface area (Å²) in [6.45, 7) is 2.45. The maximum Gasteiger partial charge on any atom is 0.478 e. The van der Waals surface area contributed by atoms with E-state index in [0.717, 1.165) is 24.2 Å². The standard InChI is InChI=1S/C18H31BN2O3/c1-17(19(23)24)4-3-5-21(17)16(22)15(20-2)18-9-12-6-13(10-18)8-14(7-12)11-18/h12-15,20,23-24H,3-11H2,1-2H3. The van der Waals surface area contributed by atoms with Crippen molar-refractivity contribution in [2.24, 2.45) is 23.2 Å². The highest BCUT2D eigenvalue weighted by Gasteiger charge is 2.58. The third-order valence-corrected chi connectivity index (χ3v) is 7.74. The second-order valence-electron chi connectivity index (χ2n) is 9.33. The molecule has 0 aromatic rings. The molecular weight excluding hydrogens is 303 g/mol. The van der Waals surface area contributed by atoms with Gasteiger partial charge in [0.2, 0.25) is 5.91 Å². The van der Waals surface area contributed by atoms with Crippen molar-refractivity contribution >= 4 is 13.0 Å². The van der Waals surface area contributed by atoms with Crippen molar-refractivity contribution in [1.82, 2.24) is 10.2 Å². The van der Waals surface area contributed by atoms with Gasteiger partial charge in [0.15, 0.2) is 0 Å². The molecule has 24 heavy (non-hydrogen) atoms. The van der Waals surface area contributed by atoms with E-state index in [2.05, 4.69) is 5.32 Å². The molecule has 6 heteroatoms. The van der Waals surface area contributed by atoms with Crippen molar-refractivity contribution in [3.63, 3.8) is 0 Å². The summed E-state index contributed by atoms with van der Waals surface area (Å²) >= 11 is 0. The van der Waals surface area contributed by atoms with Crippen molar-refractivity contribution in [3.05, 3.63) is 0 Å². The number of nitrogens with zero attached hydrogens (tertiary/aromatic N) is 1. The fourth-order valence-corrected chi connectivity index (χ4v) is 6.99. The summed E-state index contributed by atoms with van der Waals surface area (Å²) in [6.07, 6.45) is 9.10. The van der Waals surface area contributed by atoms with Crippen LogP contribution in [0.4, 0.5) is 0 Å². The van der Waals surface area contributed by atoms with Crippen LogP contribution in [0.5, 0.6) is 0 Å². The van der Waals surface area contributed by atoms with Crippen LogP contribution in [0, 0.1) is 23.2 Å². The molecule has 4 bridgehead atoms. The molecule has 2 unspecified atom stereocenters. The van der Waals surface area contributed by atoms with Gasteiger partial charge in [-0.2, -0.15) is 0 Å². The molecule has 5 fully saturated rings. The van der Waals surface area contributed by atoms with E-state index in [1.54, 1.807) is 4.90 Å². The second kappa shape index (κ2) is 5.71. The van der Waals surface area contributed by atoms with Crippen LogP contribution in [0.15, 0.2) is 0 Å². The summed E-state index contributed by atoms with van der Waals surface area (Å²) in [7, 11) is 0.432. The van der Waals surface area contributed by atoms with Crippen molar-refractivity contribution in [1.29, 1.82) is 0 Å². The molecule has 5 aliphatic rings. The number of carbonyl (C=O) groups excluding carboxylic acids is 1. The van der Waals surface area contributed by atoms with Gasteiger partial charge in [-0.3, -0.25) is 4.79 Å². The van der Waals surface area contributed by atoms with Gasteiger partial charge in [0.25, 0.3) is 0 Å². The van der Waals surface area contributed by atoms with Gasteiger partial charge in [0.1, 0.15) is 0 Å². The first-order valence-electron chi connectivity index (χ1n) is 9.73. The smallest absolute Gasteiger partial charge is 0.426 e. The van der Waals surface area contributed by atoms with E-state index in [9.17, 15) is 14.8 Å². The Balaban J connectivity index is 1.61. The highest BCUT2D eigenvalue weighted by molar-refractivity contribution is 6.46. The number of likely N-dealkylation sites (tertiary alicyclic amines) is 1. The first kappa shape index (κ1) is 16.9. The monoisotopic (exact) mass is 334 g/mol. The molecule has 3 N–H and O–H groups in total. The third-order valence-electron chi connectivity index (χ3n) is 7.74. The number of carbonyl (C=O) groups is 1. The van der Waals surface area contributed by atoms with Gasteiger partial charge in [-0.25, -0.2) is 0 Å². The zero-order valence-corrected chi connectivity index (χ0v) is 15.0. The molecule has 2 atom stereocenters. The van der Waals surface area contributed by atoms with Crippen molar-refractivity contribution < 1.29 is 14.8 Å². The molecule has 0 aromatic heterocycles. The quantitative estimate of drug-likeness (QED) is 0.675. The SMILES string of the molecule is CNC(C(=O)N1CCCC1(C)B(O)O)C12CC3CC(CC(C3)C1)C2. The Morgan fingerprint density at radius 3 is 2.17 bits per heavy atom. The van der Waals surface area contributed by atoms with Crippen LogP contribution < -0.4 is 5.32 Å². The Morgan fingerprint density at radius 2 is 1.71 bits per heavy atom. The average Bonchev–Trinajstić information content (AvgIpc) is 2.89. The fraction of sp³-hybridized carbons (Fsp3) is 0.944. The lowest BCUT2D eigenvalue weighted by atomic mass is 9.47. The largest absolute Gasteiger partial charge is 0.478 e. The number of nitrogens with one attached hydrogen (secondary N) is 1. The Hall–Kier alpha value is -0.585. The van der Waals surface area contributed by atoms with Crippen LogP contribution in [0.1, 0.15) is 58.3 Å². The molecule has 1 aliphatic heterocycles. The van der Waals surface area contributed by atoms with E-state index in [0.29, 0.717) is 13.0 Å². The normalized spacial score (nSPS) is 44.8. The van der Waals surface area contributed by atoms with Crippen molar-refractivity contribution in [2.75, 3.05) is 13.6 Å². The second-order valence-corrected chi connectivity index (χ2v) is 9.33. The Kier molecular flexibility index (Phi) is 4.01. The molecule has 134 valence electrons. The van der Waals surface area contributed by atoms with Crippen LogP contribution in [0.2, 0.25) is 0 Å². The highest BCUT2D eigenvalue weighted by atomic mass is 16.4. The van der Waals surface area contributed by atoms with Crippen LogP contribution in [0.3, 0.4) is 0 Å². The van der Waals surface area contributed by atoms with E-state index in [1.807, 2.05) is 14.0 Å². The zero-order valence-electron chi connectivity index (χ0n) is 15.0. The van der Waals surface area contributed by atoms with Crippen molar-refractivity contribution in [3.8, 4) is 0 Å². The summed E-state index contributed by atoms with van der Waals surface area (Å²) in [6, 6.07) is -0.179. The summed E-state index contributed by atoms with van der Waals surface area (Å²) in [5, 5.41) is 23.1. The molecule has 1 heterocycles. The average molecular weight is 334 g/mol. The Morgan fingerprint density at radius 1 is 1.17 bits per heavy atom. The van der Waals surface area contributed by atoms with Crippen LogP contribution in [-0.4, -0.2) is 53.0 Å². The van der Waals surface area contributed by atoms with Crippen LogP contribution >= 0.6 is 0 Å². The topological polar surface area (TPSA) is 72.8 Å². The van der Waals surface area contributed by atoms with Gasteiger partial charge < -0.3 is 20.3 Å². The molecule has 0 aromatic carbocycles. The highest BCUT2D eigenvalue weighted by Crippen LogP contribution is 2.61. The summed E-state index contributed by atoms with van der Waals surface area (Å²) in [5.74, 6) is 2.49. The Bertz CT molecular complexity index is 491. The summed E-state index contributed by atoms with van der Waals surface area (Å²) in [5.41, 5.74) is -0.751. The molecular formula is C18H31BN2O3. The molecule has 5 rings (SSSR count). The first-order valence-corrected chi connectivity index (χ1v) is 9.73. The lowest BCUT2D eigenvalue weighted by Crippen LogP contribution is -2.65. The fourth-order valence-electron chi connectivity index (χ4n) is 6.99. The maximum atomic E-state index is 13.5. The van der Waals surface area contributed by atoms with Gasteiger partial charge in [0, 0.05) is 6.54 Å². The van der Waals surface area contributed by atoms with E-state index >= 15 is 0 Å². The molecule has 5 nitrogen and oxygen atoms in total. The third kappa shape index (κ3) is 2.37. The Labute approximate surface area is 145 Å². The minimum atomic E-state index is -1.47. The molecule has 4 aliphatic carbocycles. The van der Waals surface area contributed by atoms with Crippen LogP contribution in [-0.2, 0) is 4.79 Å². The number of amides is 1. The van der Waals surface area contributed by atoms with E-state index in [4.69, 9.17) is 0 Å². The minimum Gasteiger partial charge on any atom is -0.426 e. The number of rotatable bonds is 4. The number of hydrogen-bond donors (Lipinski definition) is 3. The van der Waals surface area contributed by atoms with E-state index in [1.165, 1.54) is 38.5 Å². The van der Waals surface area contributed by atoms with Crippen molar-refractivity contribution in [2.45, 2.75) is 69.8 Å². The van der Waals surface area contributed by atoms with E-state index in [-0.39, 0.29) is 17.4 Å². The van der Waals surface area contributed by atoms with Gasteiger partial charge >= 0.3 is 7.12 Å². The maximum absolute atomic E-state index is 13.5. The molecule has 4 saturated carbocycles. The molecule has 1 saturated heterocycles. The van der Waals surface area contributed by atoms with Gasteiger partial charge in [0.05, 0.1) is 11.5 Å². The lowest BCUT2D eigenvalue weighted by molar-refractivity contribution is -0.147. The predicted molar refractivity (Wildman–Crippen MR) is 93.0 cm³/mol. The lowest BCUT2D eigenvalue weighted by Gasteiger charge is -2.59. The predicted octanol–water partition coefficient (Wildman–Crippen LogP) is 1.18. The van der Waals surface area contributed by atoms with Gasteiger partial charge in [-0.15, -0.1) is 0 Å². The van der Waals surface area contributed by atoms with E-state index < -0.39 is 12.6 Å². The van der Waals surface area contributed by atoms with Gasteiger partial charge in [-0.1, -0.05) is 0 Å².